The van der Waals surface area contributed by atoms with Crippen LogP contribution in [0.5, 0.6) is 0 Å². The first-order valence-electron chi connectivity index (χ1n) is 5.85. The maximum atomic E-state index is 11.4. The first-order valence-corrected chi connectivity index (χ1v) is 5.85. The number of nitrogens with two attached hydrogens (primary N) is 1. The summed E-state index contributed by atoms with van der Waals surface area (Å²) < 4.78 is 0. The summed E-state index contributed by atoms with van der Waals surface area (Å²) in [6.45, 7) is 3.55. The van der Waals surface area contributed by atoms with E-state index in [-0.39, 0.29) is 12.2 Å². The first-order chi connectivity index (χ1) is 7.37. The van der Waals surface area contributed by atoms with Gasteiger partial charge in [0.05, 0.1) is 12.5 Å². The number of hydrogen-bond donors (Lipinski definition) is 2. The summed E-state index contributed by atoms with van der Waals surface area (Å²) >= 11 is 0. The Kier molecular flexibility index (Phi) is 4.08. The SMILES string of the molecule is CC(=O)C(N)C1(CC(=O)O)CCCC(C)C1. The summed E-state index contributed by atoms with van der Waals surface area (Å²) in [5, 5.41) is 8.98. The van der Waals surface area contributed by atoms with E-state index in [0.717, 1.165) is 25.7 Å². The van der Waals surface area contributed by atoms with Crippen LogP contribution in [0.25, 0.3) is 0 Å². The number of carbonyl (C=O) groups is 2. The zero-order chi connectivity index (χ0) is 12.3. The number of Topliss-reactive ketones (excluding diaryl/α,β-unsaturated/α-hetero) is 1. The van der Waals surface area contributed by atoms with Gasteiger partial charge in [-0.1, -0.05) is 19.8 Å². The Morgan fingerprint density at radius 3 is 2.62 bits per heavy atom. The van der Waals surface area contributed by atoms with Crippen molar-refractivity contribution in [3.05, 3.63) is 0 Å². The molecule has 0 aromatic carbocycles. The lowest BCUT2D eigenvalue weighted by Crippen LogP contribution is -2.50. The van der Waals surface area contributed by atoms with Crippen LogP contribution in [-0.2, 0) is 9.59 Å². The van der Waals surface area contributed by atoms with Gasteiger partial charge < -0.3 is 10.8 Å². The Bertz CT molecular complexity index is 290. The smallest absolute Gasteiger partial charge is 0.303 e. The molecule has 0 bridgehead atoms. The van der Waals surface area contributed by atoms with Crippen molar-refractivity contribution < 1.29 is 14.7 Å². The molecule has 0 amide bonds. The Morgan fingerprint density at radius 2 is 2.19 bits per heavy atom. The lowest BCUT2D eigenvalue weighted by molar-refractivity contribution is -0.142. The highest BCUT2D eigenvalue weighted by Crippen LogP contribution is 2.44. The van der Waals surface area contributed by atoms with E-state index in [0.29, 0.717) is 5.92 Å². The van der Waals surface area contributed by atoms with Crippen LogP contribution in [0.2, 0.25) is 0 Å². The second kappa shape index (κ2) is 4.95. The average Bonchev–Trinajstić information content (AvgIpc) is 2.15. The van der Waals surface area contributed by atoms with Gasteiger partial charge in [-0.15, -0.1) is 0 Å². The van der Waals surface area contributed by atoms with E-state index in [1.807, 2.05) is 0 Å². The van der Waals surface area contributed by atoms with Crippen molar-refractivity contribution >= 4 is 11.8 Å². The third-order valence-electron chi connectivity index (χ3n) is 3.73. The zero-order valence-corrected chi connectivity index (χ0v) is 10.0. The van der Waals surface area contributed by atoms with Gasteiger partial charge in [0, 0.05) is 5.41 Å². The van der Waals surface area contributed by atoms with Crippen molar-refractivity contribution in [1.82, 2.24) is 0 Å². The number of carboxylic acid groups (broad SMARTS) is 1. The molecule has 4 heteroatoms. The molecule has 0 radical (unpaired) electrons. The van der Waals surface area contributed by atoms with Crippen LogP contribution >= 0.6 is 0 Å². The number of carbonyl (C=O) groups excluding carboxylic acids is 1. The van der Waals surface area contributed by atoms with E-state index in [1.165, 1.54) is 6.92 Å². The van der Waals surface area contributed by atoms with Gasteiger partial charge >= 0.3 is 5.97 Å². The fourth-order valence-corrected chi connectivity index (χ4v) is 2.99. The van der Waals surface area contributed by atoms with Crippen LogP contribution in [0.4, 0.5) is 0 Å². The Labute approximate surface area is 96.2 Å². The number of hydrogen-bond acceptors (Lipinski definition) is 3. The molecular weight excluding hydrogens is 206 g/mol. The van der Waals surface area contributed by atoms with Crippen LogP contribution in [-0.4, -0.2) is 22.9 Å². The predicted molar refractivity (Wildman–Crippen MR) is 61.0 cm³/mol. The van der Waals surface area contributed by atoms with E-state index in [4.69, 9.17) is 10.8 Å². The molecule has 0 aromatic rings. The second-order valence-electron chi connectivity index (χ2n) is 5.22. The highest BCUT2D eigenvalue weighted by Gasteiger charge is 2.43. The number of carboxylic acids is 1. The molecule has 3 N–H and O–H groups in total. The van der Waals surface area contributed by atoms with E-state index >= 15 is 0 Å². The largest absolute Gasteiger partial charge is 0.481 e. The van der Waals surface area contributed by atoms with E-state index in [9.17, 15) is 9.59 Å². The topological polar surface area (TPSA) is 80.4 Å². The summed E-state index contributed by atoms with van der Waals surface area (Å²) in [6.07, 6.45) is 3.59. The normalized spacial score (nSPS) is 32.1. The summed E-state index contributed by atoms with van der Waals surface area (Å²) in [5.74, 6) is -0.500. The fourth-order valence-electron chi connectivity index (χ4n) is 2.99. The molecule has 0 heterocycles. The standard InChI is InChI=1S/C12H21NO3/c1-8-4-3-5-12(6-8,7-10(15)16)11(13)9(2)14/h8,11H,3-7,13H2,1-2H3,(H,15,16). The minimum atomic E-state index is -0.856. The quantitative estimate of drug-likeness (QED) is 0.764. The molecule has 1 aliphatic rings. The minimum Gasteiger partial charge on any atom is -0.481 e. The van der Waals surface area contributed by atoms with Crippen LogP contribution in [0.15, 0.2) is 0 Å². The molecule has 0 aromatic heterocycles. The molecule has 16 heavy (non-hydrogen) atoms. The molecule has 3 unspecified atom stereocenters. The van der Waals surface area contributed by atoms with Gasteiger partial charge in [-0.05, 0) is 25.7 Å². The monoisotopic (exact) mass is 227 g/mol. The maximum absolute atomic E-state index is 11.4. The predicted octanol–water partition coefficient (Wildman–Crippen LogP) is 1.57. The molecule has 0 aliphatic heterocycles. The molecule has 1 aliphatic carbocycles. The summed E-state index contributed by atoms with van der Waals surface area (Å²) in [5.41, 5.74) is 5.41. The highest BCUT2D eigenvalue weighted by molar-refractivity contribution is 5.83. The third-order valence-corrected chi connectivity index (χ3v) is 3.73. The molecule has 1 saturated carbocycles. The molecule has 1 rings (SSSR count). The minimum absolute atomic E-state index is 0.0120. The van der Waals surface area contributed by atoms with Gasteiger partial charge in [0.15, 0.2) is 0 Å². The van der Waals surface area contributed by atoms with Gasteiger partial charge in [0.1, 0.15) is 5.78 Å². The van der Waals surface area contributed by atoms with Crippen LogP contribution in [0.1, 0.15) is 46.0 Å². The molecule has 4 nitrogen and oxygen atoms in total. The Morgan fingerprint density at radius 1 is 1.56 bits per heavy atom. The van der Waals surface area contributed by atoms with Crippen molar-refractivity contribution in [2.45, 2.75) is 52.0 Å². The van der Waals surface area contributed by atoms with Crippen LogP contribution in [0.3, 0.4) is 0 Å². The van der Waals surface area contributed by atoms with Gasteiger partial charge in [-0.25, -0.2) is 0 Å². The average molecular weight is 227 g/mol. The Hall–Kier alpha value is -0.900. The third kappa shape index (κ3) is 2.82. The number of rotatable bonds is 4. The number of aliphatic carboxylic acids is 1. The van der Waals surface area contributed by atoms with Gasteiger partial charge in [0.2, 0.25) is 0 Å². The Balaban J connectivity index is 2.91. The first kappa shape index (κ1) is 13.2. The summed E-state index contributed by atoms with van der Waals surface area (Å²) in [4.78, 5) is 22.4. The van der Waals surface area contributed by atoms with Crippen molar-refractivity contribution in [3.63, 3.8) is 0 Å². The second-order valence-corrected chi connectivity index (χ2v) is 5.22. The van der Waals surface area contributed by atoms with Crippen LogP contribution < -0.4 is 5.73 Å². The number of ketones is 1. The van der Waals surface area contributed by atoms with Crippen molar-refractivity contribution in [2.75, 3.05) is 0 Å². The van der Waals surface area contributed by atoms with Gasteiger partial charge in [-0.3, -0.25) is 9.59 Å². The lowest BCUT2D eigenvalue weighted by atomic mass is 9.63. The van der Waals surface area contributed by atoms with Gasteiger partial charge in [-0.2, -0.15) is 0 Å². The molecule has 1 fully saturated rings. The van der Waals surface area contributed by atoms with Crippen molar-refractivity contribution in [2.24, 2.45) is 17.1 Å². The highest BCUT2D eigenvalue weighted by atomic mass is 16.4. The lowest BCUT2D eigenvalue weighted by Gasteiger charge is -2.42. The molecule has 0 spiro atoms. The van der Waals surface area contributed by atoms with Gasteiger partial charge in [0.25, 0.3) is 0 Å². The molecule has 92 valence electrons. The molecule has 0 saturated heterocycles. The van der Waals surface area contributed by atoms with E-state index < -0.39 is 17.4 Å². The zero-order valence-electron chi connectivity index (χ0n) is 10.0. The van der Waals surface area contributed by atoms with Crippen molar-refractivity contribution in [3.8, 4) is 0 Å². The summed E-state index contributed by atoms with van der Waals surface area (Å²) in [6, 6.07) is -0.633. The fraction of sp³-hybridized carbons (Fsp3) is 0.833. The van der Waals surface area contributed by atoms with Crippen molar-refractivity contribution in [1.29, 1.82) is 0 Å². The molecular formula is C12H21NO3. The summed E-state index contributed by atoms with van der Waals surface area (Å²) in [7, 11) is 0. The van der Waals surface area contributed by atoms with Crippen LogP contribution in [0, 0.1) is 11.3 Å². The molecule has 3 atom stereocenters. The van der Waals surface area contributed by atoms with E-state index in [2.05, 4.69) is 6.92 Å². The van der Waals surface area contributed by atoms with E-state index in [1.54, 1.807) is 0 Å². The maximum Gasteiger partial charge on any atom is 0.303 e.